The highest BCUT2D eigenvalue weighted by Crippen LogP contribution is 2.43. The molecule has 0 bridgehead atoms. The van der Waals surface area contributed by atoms with Gasteiger partial charge in [0.1, 0.15) is 18.1 Å². The molecular weight excluding hydrogens is 456 g/mol. The van der Waals surface area contributed by atoms with Gasteiger partial charge in [0.05, 0.1) is 12.7 Å². The summed E-state index contributed by atoms with van der Waals surface area (Å²) in [6.07, 6.45) is 6.65. The number of benzene rings is 2. The van der Waals surface area contributed by atoms with E-state index in [0.29, 0.717) is 13.0 Å². The SMILES string of the molecule is CC(=O)O[C@H](C)CCOc1cc(C)c(-c2cccc3c2CCC3OC2CCCCO2)c(C)c1.CC=O. The standard InChI is InChI=1S/C28H36O5.C2H4O/c1-18-16-22(30-15-13-20(3)32-21(4)29)17-19(2)28(18)25-9-7-8-24-23(25)11-12-26(24)33-27-10-5-6-14-31-27;1-2-3/h7-9,16-17,20,26-27H,5-6,10-15H2,1-4H3;2H,1H3/t20-,26?,27?;/m1./s1. The van der Waals surface area contributed by atoms with Crippen LogP contribution in [0.5, 0.6) is 5.75 Å². The highest BCUT2D eigenvalue weighted by atomic mass is 16.7. The second-order valence-electron chi connectivity index (χ2n) is 9.56. The first-order valence-corrected chi connectivity index (χ1v) is 13.0. The van der Waals surface area contributed by atoms with Gasteiger partial charge in [0.15, 0.2) is 6.29 Å². The van der Waals surface area contributed by atoms with Crippen molar-refractivity contribution in [3.63, 3.8) is 0 Å². The number of ether oxygens (including phenoxy) is 4. The molecule has 36 heavy (non-hydrogen) atoms. The van der Waals surface area contributed by atoms with Crippen molar-refractivity contribution in [2.45, 2.75) is 91.6 Å². The van der Waals surface area contributed by atoms with Gasteiger partial charge in [-0.25, -0.2) is 0 Å². The van der Waals surface area contributed by atoms with Crippen LogP contribution in [0.4, 0.5) is 0 Å². The minimum Gasteiger partial charge on any atom is -0.493 e. The van der Waals surface area contributed by atoms with Crippen LogP contribution in [-0.2, 0) is 30.2 Å². The Morgan fingerprint density at radius 3 is 2.53 bits per heavy atom. The van der Waals surface area contributed by atoms with Crippen LogP contribution in [0, 0.1) is 13.8 Å². The number of hydrogen-bond acceptors (Lipinski definition) is 6. The van der Waals surface area contributed by atoms with E-state index < -0.39 is 0 Å². The van der Waals surface area contributed by atoms with Crippen molar-refractivity contribution < 1.29 is 28.5 Å². The Morgan fingerprint density at radius 2 is 1.89 bits per heavy atom. The molecule has 0 saturated carbocycles. The molecule has 0 radical (unpaired) electrons. The van der Waals surface area contributed by atoms with Crippen molar-refractivity contribution in [3.8, 4) is 16.9 Å². The predicted molar refractivity (Wildman–Crippen MR) is 140 cm³/mol. The number of esters is 1. The zero-order valence-electron chi connectivity index (χ0n) is 22.3. The van der Waals surface area contributed by atoms with Crippen molar-refractivity contribution >= 4 is 12.3 Å². The van der Waals surface area contributed by atoms with Crippen LogP contribution in [-0.4, -0.2) is 37.9 Å². The minimum absolute atomic E-state index is 0.0678. The summed E-state index contributed by atoms with van der Waals surface area (Å²) in [5.41, 5.74) is 7.68. The number of hydrogen-bond donors (Lipinski definition) is 0. The molecular formula is C30H40O6. The Balaban J connectivity index is 0.00000115. The van der Waals surface area contributed by atoms with E-state index >= 15 is 0 Å². The van der Waals surface area contributed by atoms with Crippen LogP contribution in [0.25, 0.3) is 11.1 Å². The van der Waals surface area contributed by atoms with Crippen LogP contribution < -0.4 is 4.74 Å². The highest BCUT2D eigenvalue weighted by molar-refractivity contribution is 5.76. The van der Waals surface area contributed by atoms with Crippen LogP contribution in [0.1, 0.15) is 81.2 Å². The molecule has 1 aliphatic carbocycles. The van der Waals surface area contributed by atoms with Gasteiger partial charge >= 0.3 is 5.97 Å². The molecule has 2 aliphatic rings. The monoisotopic (exact) mass is 496 g/mol. The third kappa shape index (κ3) is 7.40. The van der Waals surface area contributed by atoms with E-state index in [4.69, 9.17) is 23.7 Å². The van der Waals surface area contributed by atoms with E-state index in [1.165, 1.54) is 53.6 Å². The Bertz CT molecular complexity index is 1000. The zero-order chi connectivity index (χ0) is 26.1. The van der Waals surface area contributed by atoms with Gasteiger partial charge in [0, 0.05) is 20.0 Å². The summed E-state index contributed by atoms with van der Waals surface area (Å²) >= 11 is 0. The molecule has 1 saturated heterocycles. The molecule has 6 nitrogen and oxygen atoms in total. The molecule has 2 aromatic carbocycles. The number of carbonyl (C=O) groups excluding carboxylic acids is 2. The van der Waals surface area contributed by atoms with Crippen LogP contribution in [0.3, 0.4) is 0 Å². The molecule has 0 amide bonds. The summed E-state index contributed by atoms with van der Waals surface area (Å²) in [5.74, 6) is 0.597. The molecule has 6 heteroatoms. The van der Waals surface area contributed by atoms with Crippen LogP contribution >= 0.6 is 0 Å². The summed E-state index contributed by atoms with van der Waals surface area (Å²) < 4.78 is 23.3. The van der Waals surface area contributed by atoms with Crippen molar-refractivity contribution in [3.05, 3.63) is 52.6 Å². The number of rotatable bonds is 8. The van der Waals surface area contributed by atoms with E-state index in [9.17, 15) is 4.79 Å². The highest BCUT2D eigenvalue weighted by Gasteiger charge is 2.29. The van der Waals surface area contributed by atoms with Gasteiger partial charge in [-0.3, -0.25) is 4.79 Å². The maximum Gasteiger partial charge on any atom is 0.302 e. The fourth-order valence-electron chi connectivity index (χ4n) is 5.11. The minimum atomic E-state index is -0.257. The molecule has 0 aromatic heterocycles. The normalized spacial score (nSPS) is 19.5. The maximum absolute atomic E-state index is 11.1. The average Bonchev–Trinajstić information content (AvgIpc) is 3.23. The topological polar surface area (TPSA) is 71.1 Å². The third-order valence-corrected chi connectivity index (χ3v) is 6.61. The Morgan fingerprint density at radius 1 is 1.17 bits per heavy atom. The molecule has 1 fully saturated rings. The molecule has 3 atom stereocenters. The second-order valence-corrected chi connectivity index (χ2v) is 9.56. The van der Waals surface area contributed by atoms with E-state index in [0.717, 1.165) is 44.3 Å². The lowest BCUT2D eigenvalue weighted by Gasteiger charge is -2.26. The van der Waals surface area contributed by atoms with Gasteiger partial charge in [0.2, 0.25) is 0 Å². The van der Waals surface area contributed by atoms with E-state index in [2.05, 4.69) is 44.2 Å². The van der Waals surface area contributed by atoms with Gasteiger partial charge < -0.3 is 23.7 Å². The zero-order valence-corrected chi connectivity index (χ0v) is 22.3. The predicted octanol–water partition coefficient (Wildman–Crippen LogP) is 6.43. The van der Waals surface area contributed by atoms with Crippen molar-refractivity contribution in [1.82, 2.24) is 0 Å². The largest absolute Gasteiger partial charge is 0.493 e. The molecule has 0 N–H and O–H groups in total. The van der Waals surface area contributed by atoms with Crippen LogP contribution in [0.15, 0.2) is 30.3 Å². The quantitative estimate of drug-likeness (QED) is 0.310. The molecule has 196 valence electrons. The lowest BCUT2D eigenvalue weighted by atomic mass is 9.90. The second kappa shape index (κ2) is 13.6. The average molecular weight is 497 g/mol. The smallest absolute Gasteiger partial charge is 0.302 e. The summed E-state index contributed by atoms with van der Waals surface area (Å²) in [6.45, 7) is 10.4. The third-order valence-electron chi connectivity index (χ3n) is 6.61. The first-order valence-electron chi connectivity index (χ1n) is 13.0. The Kier molecular flexibility index (Phi) is 10.5. The van der Waals surface area contributed by atoms with Crippen LogP contribution in [0.2, 0.25) is 0 Å². The van der Waals surface area contributed by atoms with Crippen molar-refractivity contribution in [1.29, 1.82) is 0 Å². The van der Waals surface area contributed by atoms with Gasteiger partial charge in [-0.1, -0.05) is 18.2 Å². The number of fused-ring (bicyclic) bond motifs is 1. The first kappa shape index (κ1) is 27.9. The summed E-state index contributed by atoms with van der Waals surface area (Å²) in [5, 5.41) is 0. The molecule has 4 rings (SSSR count). The molecule has 1 aliphatic heterocycles. The lowest BCUT2D eigenvalue weighted by molar-refractivity contribution is -0.189. The number of carbonyl (C=O) groups is 2. The van der Waals surface area contributed by atoms with E-state index in [1.54, 1.807) is 0 Å². The number of aryl methyl sites for hydroxylation is 2. The summed E-state index contributed by atoms with van der Waals surface area (Å²) in [7, 11) is 0. The Labute approximate surface area is 215 Å². The van der Waals surface area contributed by atoms with E-state index in [1.807, 2.05) is 6.92 Å². The first-order chi connectivity index (χ1) is 17.3. The van der Waals surface area contributed by atoms with Gasteiger partial charge in [0.25, 0.3) is 0 Å². The van der Waals surface area contributed by atoms with Gasteiger partial charge in [-0.15, -0.1) is 0 Å². The summed E-state index contributed by atoms with van der Waals surface area (Å²) in [6, 6.07) is 10.8. The molecule has 2 aromatic rings. The lowest BCUT2D eigenvalue weighted by Crippen LogP contribution is -2.23. The fraction of sp³-hybridized carbons (Fsp3) is 0.533. The Hall–Kier alpha value is -2.70. The van der Waals surface area contributed by atoms with Gasteiger partial charge in [-0.2, -0.15) is 0 Å². The molecule has 2 unspecified atom stereocenters. The van der Waals surface area contributed by atoms with E-state index in [-0.39, 0.29) is 24.5 Å². The molecule has 0 spiro atoms. The van der Waals surface area contributed by atoms with Crippen molar-refractivity contribution in [2.75, 3.05) is 13.2 Å². The van der Waals surface area contributed by atoms with Gasteiger partial charge in [-0.05, 0) is 105 Å². The fourth-order valence-corrected chi connectivity index (χ4v) is 5.11. The van der Waals surface area contributed by atoms with Crippen molar-refractivity contribution in [2.24, 2.45) is 0 Å². The summed E-state index contributed by atoms with van der Waals surface area (Å²) in [4.78, 5) is 19.9. The maximum atomic E-state index is 11.1. The number of aldehydes is 1. The molecule has 1 heterocycles.